The van der Waals surface area contributed by atoms with Gasteiger partial charge in [0.2, 0.25) is 0 Å². The average molecular weight is 287 g/mol. The van der Waals surface area contributed by atoms with Crippen molar-refractivity contribution in [2.45, 2.75) is 12.3 Å². The lowest BCUT2D eigenvalue weighted by atomic mass is 10.2. The molecule has 2 N–H and O–H groups in total. The Labute approximate surface area is 112 Å². The molecule has 1 aliphatic rings. The Hall–Kier alpha value is -0.950. The van der Waals surface area contributed by atoms with Gasteiger partial charge in [0, 0.05) is 30.5 Å². The number of anilines is 2. The van der Waals surface area contributed by atoms with E-state index in [0.717, 1.165) is 11.3 Å². The van der Waals surface area contributed by atoms with Gasteiger partial charge in [0.15, 0.2) is 15.7 Å². The minimum Gasteiger partial charge on any atom is -0.396 e. The zero-order valence-electron chi connectivity index (χ0n) is 10.5. The molecule has 1 atom stereocenters. The quantitative estimate of drug-likeness (QED) is 0.871. The fraction of sp³-hybridized carbons (Fsp3) is 0.545. The highest BCUT2D eigenvalue weighted by atomic mass is 32.2. The van der Waals surface area contributed by atoms with Crippen LogP contribution in [0.25, 0.3) is 0 Å². The molecular weight excluding hydrogens is 270 g/mol. The zero-order chi connectivity index (χ0) is 13.3. The van der Waals surface area contributed by atoms with E-state index in [9.17, 15) is 8.42 Å². The van der Waals surface area contributed by atoms with Gasteiger partial charge in [0.1, 0.15) is 5.37 Å². The summed E-state index contributed by atoms with van der Waals surface area (Å²) in [6.45, 7) is 2.57. The van der Waals surface area contributed by atoms with Crippen LogP contribution in [0, 0.1) is 6.92 Å². The molecule has 1 aliphatic heterocycles. The van der Waals surface area contributed by atoms with Gasteiger partial charge in [0.25, 0.3) is 0 Å². The van der Waals surface area contributed by atoms with E-state index in [0.29, 0.717) is 23.8 Å². The predicted octanol–water partition coefficient (Wildman–Crippen LogP) is 0.896. The van der Waals surface area contributed by atoms with Crippen molar-refractivity contribution in [3.8, 4) is 0 Å². The van der Waals surface area contributed by atoms with Crippen LogP contribution in [0.1, 0.15) is 5.56 Å². The maximum Gasteiger partial charge on any atom is 0.169 e. The predicted molar refractivity (Wildman–Crippen MR) is 76.7 cm³/mol. The van der Waals surface area contributed by atoms with Crippen molar-refractivity contribution < 1.29 is 8.42 Å². The van der Waals surface area contributed by atoms with Crippen molar-refractivity contribution in [1.29, 1.82) is 0 Å². The molecule has 0 aromatic carbocycles. The Morgan fingerprint density at radius 2 is 2.28 bits per heavy atom. The van der Waals surface area contributed by atoms with Crippen LogP contribution in [0.4, 0.5) is 11.5 Å². The standard InChI is InChI=1S/C11H17N3O2S2/c1-8-5-9(12)11(13-6-8)14-3-4-17-7-10(14)18(2,15)16/h5-6,10H,3-4,7,12H2,1-2H3. The monoisotopic (exact) mass is 287 g/mol. The third-order valence-electron chi connectivity index (χ3n) is 2.88. The molecule has 0 saturated carbocycles. The van der Waals surface area contributed by atoms with Crippen LogP contribution in [-0.4, -0.2) is 43.1 Å². The largest absolute Gasteiger partial charge is 0.396 e. The van der Waals surface area contributed by atoms with Crippen LogP contribution in [0.15, 0.2) is 12.3 Å². The Balaban J connectivity index is 2.40. The molecule has 100 valence electrons. The van der Waals surface area contributed by atoms with Gasteiger partial charge in [-0.25, -0.2) is 13.4 Å². The van der Waals surface area contributed by atoms with E-state index in [-0.39, 0.29) is 0 Å². The molecule has 1 aromatic heterocycles. The van der Waals surface area contributed by atoms with Crippen molar-refractivity contribution in [3.05, 3.63) is 17.8 Å². The summed E-state index contributed by atoms with van der Waals surface area (Å²) in [7, 11) is -3.14. The average Bonchev–Trinajstić information content (AvgIpc) is 2.28. The highest BCUT2D eigenvalue weighted by Gasteiger charge is 2.32. The van der Waals surface area contributed by atoms with E-state index in [4.69, 9.17) is 5.73 Å². The molecule has 7 heteroatoms. The minimum absolute atomic E-state index is 0.534. The van der Waals surface area contributed by atoms with Gasteiger partial charge in [-0.15, -0.1) is 0 Å². The summed E-state index contributed by atoms with van der Waals surface area (Å²) in [6, 6.07) is 1.82. The molecule has 1 aromatic rings. The van der Waals surface area contributed by atoms with Crippen molar-refractivity contribution in [1.82, 2.24) is 4.98 Å². The smallest absolute Gasteiger partial charge is 0.169 e. The lowest BCUT2D eigenvalue weighted by Gasteiger charge is -2.35. The minimum atomic E-state index is -3.14. The van der Waals surface area contributed by atoms with Gasteiger partial charge >= 0.3 is 0 Å². The molecule has 0 aliphatic carbocycles. The van der Waals surface area contributed by atoms with Crippen LogP contribution in [0.5, 0.6) is 0 Å². The number of hydrogen-bond acceptors (Lipinski definition) is 6. The van der Waals surface area contributed by atoms with Crippen LogP contribution in [-0.2, 0) is 9.84 Å². The van der Waals surface area contributed by atoms with Crippen molar-refractivity contribution in [3.63, 3.8) is 0 Å². The Kier molecular flexibility index (Phi) is 3.72. The zero-order valence-corrected chi connectivity index (χ0v) is 12.1. The number of thioether (sulfide) groups is 1. The van der Waals surface area contributed by atoms with E-state index >= 15 is 0 Å². The Bertz CT molecular complexity index is 545. The molecule has 0 bridgehead atoms. The maximum atomic E-state index is 11.8. The Morgan fingerprint density at radius 3 is 2.89 bits per heavy atom. The number of pyridine rings is 1. The molecule has 2 rings (SSSR count). The number of aryl methyl sites for hydroxylation is 1. The second-order valence-electron chi connectivity index (χ2n) is 4.48. The number of nitrogen functional groups attached to an aromatic ring is 1. The first-order chi connectivity index (χ1) is 8.39. The fourth-order valence-electron chi connectivity index (χ4n) is 2.00. The van der Waals surface area contributed by atoms with Crippen LogP contribution in [0.3, 0.4) is 0 Å². The van der Waals surface area contributed by atoms with Crippen LogP contribution < -0.4 is 10.6 Å². The van der Waals surface area contributed by atoms with Crippen molar-refractivity contribution in [2.24, 2.45) is 0 Å². The summed E-state index contributed by atoms with van der Waals surface area (Å²) in [4.78, 5) is 6.10. The first kappa shape index (κ1) is 13.5. The third kappa shape index (κ3) is 2.72. The summed E-state index contributed by atoms with van der Waals surface area (Å²) in [6.07, 6.45) is 2.98. The lowest BCUT2D eigenvalue weighted by molar-refractivity contribution is 0.584. The molecule has 0 spiro atoms. The number of hydrogen-bond donors (Lipinski definition) is 1. The number of rotatable bonds is 2. The van der Waals surface area contributed by atoms with Gasteiger partial charge < -0.3 is 10.6 Å². The van der Waals surface area contributed by atoms with Gasteiger partial charge in [-0.1, -0.05) is 0 Å². The first-order valence-corrected chi connectivity index (χ1v) is 8.76. The topological polar surface area (TPSA) is 76.3 Å². The van der Waals surface area contributed by atoms with Crippen LogP contribution in [0.2, 0.25) is 0 Å². The van der Waals surface area contributed by atoms with E-state index in [1.54, 1.807) is 22.9 Å². The molecule has 1 fully saturated rings. The maximum absolute atomic E-state index is 11.8. The number of sulfone groups is 1. The van der Waals surface area contributed by atoms with Gasteiger partial charge in [0.05, 0.1) is 5.69 Å². The van der Waals surface area contributed by atoms with Crippen molar-refractivity contribution >= 4 is 33.1 Å². The lowest BCUT2D eigenvalue weighted by Crippen LogP contribution is -2.47. The number of aromatic nitrogens is 1. The van der Waals surface area contributed by atoms with Crippen molar-refractivity contribution in [2.75, 3.05) is 34.9 Å². The summed E-state index contributed by atoms with van der Waals surface area (Å²) in [5.41, 5.74) is 7.46. The molecule has 5 nitrogen and oxygen atoms in total. The number of nitrogens with zero attached hydrogens (tertiary/aromatic N) is 2. The molecule has 1 unspecified atom stereocenters. The highest BCUT2D eigenvalue weighted by Crippen LogP contribution is 2.29. The van der Waals surface area contributed by atoms with Crippen LogP contribution >= 0.6 is 11.8 Å². The third-order valence-corrected chi connectivity index (χ3v) is 5.53. The van der Waals surface area contributed by atoms with Gasteiger partial charge in [-0.2, -0.15) is 11.8 Å². The van der Waals surface area contributed by atoms with Gasteiger partial charge in [-0.3, -0.25) is 0 Å². The Morgan fingerprint density at radius 1 is 1.56 bits per heavy atom. The first-order valence-electron chi connectivity index (χ1n) is 5.65. The van der Waals surface area contributed by atoms with E-state index < -0.39 is 15.2 Å². The fourth-order valence-corrected chi connectivity index (χ4v) is 4.82. The summed E-state index contributed by atoms with van der Waals surface area (Å²) in [5, 5.41) is -0.534. The molecule has 0 amide bonds. The number of nitrogens with two attached hydrogens (primary N) is 1. The normalized spacial score (nSPS) is 21.0. The van der Waals surface area contributed by atoms with E-state index in [2.05, 4.69) is 4.98 Å². The highest BCUT2D eigenvalue weighted by molar-refractivity contribution is 8.01. The molecule has 1 saturated heterocycles. The molecule has 2 heterocycles. The second-order valence-corrected chi connectivity index (χ2v) is 7.83. The molecule has 0 radical (unpaired) electrons. The molecular formula is C11H17N3O2S2. The SMILES string of the molecule is Cc1cnc(N2CCSCC2S(C)(=O)=O)c(N)c1. The summed E-state index contributed by atoms with van der Waals surface area (Å²) < 4.78 is 23.6. The summed E-state index contributed by atoms with van der Waals surface area (Å²) >= 11 is 1.65. The summed E-state index contributed by atoms with van der Waals surface area (Å²) in [5.74, 6) is 2.03. The second kappa shape index (κ2) is 4.97. The molecule has 18 heavy (non-hydrogen) atoms. The van der Waals surface area contributed by atoms with Gasteiger partial charge in [-0.05, 0) is 18.6 Å². The van der Waals surface area contributed by atoms with E-state index in [1.165, 1.54) is 6.26 Å². The van der Waals surface area contributed by atoms with E-state index in [1.807, 2.05) is 13.0 Å².